The lowest BCUT2D eigenvalue weighted by Gasteiger charge is -1.89. The molecule has 2 aromatic rings. The minimum Gasteiger partial charge on any atom is -0.354 e. The first-order valence-corrected chi connectivity index (χ1v) is 3.48. The average Bonchev–Trinajstić information content (AvgIpc) is 2.46. The minimum absolute atomic E-state index is 0.0574. The zero-order valence-corrected chi connectivity index (χ0v) is 6.09. The predicted molar refractivity (Wildman–Crippen MR) is 41.1 cm³/mol. The van der Waals surface area contributed by atoms with Crippen molar-refractivity contribution in [2.75, 3.05) is 0 Å². The fourth-order valence-electron chi connectivity index (χ4n) is 1.11. The number of aromatic nitrogens is 2. The van der Waals surface area contributed by atoms with E-state index in [2.05, 4.69) is 9.97 Å². The van der Waals surface area contributed by atoms with E-state index in [1.807, 2.05) is 0 Å². The molecule has 2 aromatic heterocycles. The summed E-state index contributed by atoms with van der Waals surface area (Å²) < 4.78 is 24.3. The molecule has 0 fully saturated rings. The van der Waals surface area contributed by atoms with Gasteiger partial charge in [-0.3, -0.25) is 4.98 Å². The van der Waals surface area contributed by atoms with Crippen LogP contribution in [0.4, 0.5) is 8.78 Å². The molecule has 2 rings (SSSR count). The minimum atomic E-state index is -2.45. The third kappa shape index (κ3) is 1.05. The molecule has 2 nitrogen and oxygen atoms in total. The smallest absolute Gasteiger partial charge is 0.278 e. The topological polar surface area (TPSA) is 28.7 Å². The Morgan fingerprint density at radius 1 is 1.42 bits per heavy atom. The molecule has 0 aliphatic heterocycles. The van der Waals surface area contributed by atoms with Gasteiger partial charge in [0, 0.05) is 23.3 Å². The highest BCUT2D eigenvalue weighted by molar-refractivity contribution is 5.79. The van der Waals surface area contributed by atoms with Gasteiger partial charge in [-0.2, -0.15) is 0 Å². The van der Waals surface area contributed by atoms with E-state index < -0.39 is 6.43 Å². The summed E-state index contributed by atoms with van der Waals surface area (Å²) in [6.07, 6.45) is 0.670. The standard InChI is InChI=1S/C8H6F2N2/c9-8(10)7-3-5-4-11-2-1-6(5)12-7/h1-4,8,12H. The molecule has 2 heterocycles. The number of nitrogens with one attached hydrogen (secondary N) is 1. The highest BCUT2D eigenvalue weighted by Gasteiger charge is 2.09. The highest BCUT2D eigenvalue weighted by atomic mass is 19.3. The van der Waals surface area contributed by atoms with Crippen molar-refractivity contribution in [3.05, 3.63) is 30.2 Å². The number of halogens is 2. The van der Waals surface area contributed by atoms with Crippen molar-refractivity contribution in [2.24, 2.45) is 0 Å². The summed E-state index contributed by atoms with van der Waals surface area (Å²) in [7, 11) is 0. The normalized spacial score (nSPS) is 11.2. The maximum Gasteiger partial charge on any atom is 0.278 e. The van der Waals surface area contributed by atoms with Crippen LogP contribution in [-0.4, -0.2) is 9.97 Å². The number of fused-ring (bicyclic) bond motifs is 1. The van der Waals surface area contributed by atoms with Crippen LogP contribution in [0.15, 0.2) is 24.5 Å². The van der Waals surface area contributed by atoms with Crippen LogP contribution in [0.2, 0.25) is 0 Å². The highest BCUT2D eigenvalue weighted by Crippen LogP contribution is 2.22. The van der Waals surface area contributed by atoms with Crippen molar-refractivity contribution in [2.45, 2.75) is 6.43 Å². The second kappa shape index (κ2) is 2.55. The fraction of sp³-hybridized carbons (Fsp3) is 0.125. The van der Waals surface area contributed by atoms with Crippen molar-refractivity contribution in [1.29, 1.82) is 0 Å². The number of alkyl halides is 2. The Balaban J connectivity index is 2.62. The SMILES string of the molecule is FC(F)c1cc2cnccc2[nH]1. The van der Waals surface area contributed by atoms with E-state index in [0.29, 0.717) is 10.9 Å². The molecule has 0 aliphatic rings. The molecule has 0 bridgehead atoms. The maximum absolute atomic E-state index is 12.2. The number of nitrogens with zero attached hydrogens (tertiary/aromatic N) is 1. The Morgan fingerprint density at radius 2 is 2.25 bits per heavy atom. The molecule has 62 valence electrons. The largest absolute Gasteiger partial charge is 0.354 e. The van der Waals surface area contributed by atoms with E-state index in [-0.39, 0.29) is 5.69 Å². The Labute approximate surface area is 67.2 Å². The van der Waals surface area contributed by atoms with Gasteiger partial charge in [-0.05, 0) is 12.1 Å². The number of hydrogen-bond acceptors (Lipinski definition) is 1. The van der Waals surface area contributed by atoms with Crippen LogP contribution in [0.25, 0.3) is 10.9 Å². The molecular weight excluding hydrogens is 162 g/mol. The molecular formula is C8H6F2N2. The zero-order valence-electron chi connectivity index (χ0n) is 6.09. The third-order valence-electron chi connectivity index (χ3n) is 1.68. The van der Waals surface area contributed by atoms with Crippen LogP contribution < -0.4 is 0 Å². The van der Waals surface area contributed by atoms with E-state index in [1.165, 1.54) is 6.07 Å². The van der Waals surface area contributed by atoms with Gasteiger partial charge < -0.3 is 4.98 Å². The molecule has 0 radical (unpaired) electrons. The van der Waals surface area contributed by atoms with E-state index >= 15 is 0 Å². The van der Waals surface area contributed by atoms with Crippen LogP contribution in [-0.2, 0) is 0 Å². The van der Waals surface area contributed by atoms with Crippen LogP contribution in [0.1, 0.15) is 12.1 Å². The van der Waals surface area contributed by atoms with Gasteiger partial charge in [-0.25, -0.2) is 8.78 Å². The number of pyridine rings is 1. The van der Waals surface area contributed by atoms with Gasteiger partial charge in [0.2, 0.25) is 0 Å². The average molecular weight is 168 g/mol. The van der Waals surface area contributed by atoms with Gasteiger partial charge >= 0.3 is 0 Å². The quantitative estimate of drug-likeness (QED) is 0.696. The summed E-state index contributed by atoms with van der Waals surface area (Å²) in [5.41, 5.74) is 0.637. The molecule has 0 aromatic carbocycles. The second-order valence-electron chi connectivity index (χ2n) is 2.49. The molecule has 0 saturated carbocycles. The Kier molecular flexibility index (Phi) is 1.53. The zero-order chi connectivity index (χ0) is 8.55. The number of H-pyrrole nitrogens is 1. The maximum atomic E-state index is 12.2. The number of hydrogen-bond donors (Lipinski definition) is 1. The predicted octanol–water partition coefficient (Wildman–Crippen LogP) is 2.50. The summed E-state index contributed by atoms with van der Waals surface area (Å²) in [6.45, 7) is 0. The summed E-state index contributed by atoms with van der Waals surface area (Å²) in [6, 6.07) is 3.08. The van der Waals surface area contributed by atoms with E-state index in [1.54, 1.807) is 18.5 Å². The first-order valence-electron chi connectivity index (χ1n) is 3.48. The summed E-state index contributed by atoms with van der Waals surface area (Å²) >= 11 is 0. The third-order valence-corrected chi connectivity index (χ3v) is 1.68. The molecule has 0 unspecified atom stereocenters. The lowest BCUT2D eigenvalue weighted by Crippen LogP contribution is -1.80. The van der Waals surface area contributed by atoms with E-state index in [4.69, 9.17) is 0 Å². The van der Waals surface area contributed by atoms with Crippen LogP contribution in [0, 0.1) is 0 Å². The van der Waals surface area contributed by atoms with Crippen molar-refractivity contribution in [3.8, 4) is 0 Å². The number of aromatic amines is 1. The van der Waals surface area contributed by atoms with E-state index in [9.17, 15) is 8.78 Å². The Hall–Kier alpha value is -1.45. The van der Waals surface area contributed by atoms with E-state index in [0.717, 1.165) is 0 Å². The second-order valence-corrected chi connectivity index (χ2v) is 2.49. The van der Waals surface area contributed by atoms with Gasteiger partial charge in [0.15, 0.2) is 0 Å². The van der Waals surface area contributed by atoms with Crippen molar-refractivity contribution >= 4 is 10.9 Å². The summed E-state index contributed by atoms with van der Waals surface area (Å²) in [5.74, 6) is 0. The molecule has 0 spiro atoms. The molecule has 0 atom stereocenters. The van der Waals surface area contributed by atoms with Crippen molar-refractivity contribution in [3.63, 3.8) is 0 Å². The first-order chi connectivity index (χ1) is 5.77. The first kappa shape index (κ1) is 7.21. The van der Waals surface area contributed by atoms with Crippen LogP contribution >= 0.6 is 0 Å². The fourth-order valence-corrected chi connectivity index (χ4v) is 1.11. The van der Waals surface area contributed by atoms with Gasteiger partial charge in [-0.15, -0.1) is 0 Å². The molecule has 0 amide bonds. The van der Waals surface area contributed by atoms with Gasteiger partial charge in [-0.1, -0.05) is 0 Å². The molecule has 0 aliphatic carbocycles. The van der Waals surface area contributed by atoms with Crippen LogP contribution in [0.3, 0.4) is 0 Å². The van der Waals surface area contributed by atoms with Crippen LogP contribution in [0.5, 0.6) is 0 Å². The molecule has 0 saturated heterocycles. The molecule has 12 heavy (non-hydrogen) atoms. The van der Waals surface area contributed by atoms with Crippen molar-refractivity contribution < 1.29 is 8.78 Å². The monoisotopic (exact) mass is 168 g/mol. The Morgan fingerprint density at radius 3 is 2.92 bits per heavy atom. The lowest BCUT2D eigenvalue weighted by molar-refractivity contribution is 0.147. The summed E-state index contributed by atoms with van der Waals surface area (Å²) in [4.78, 5) is 6.43. The lowest BCUT2D eigenvalue weighted by atomic mass is 10.3. The van der Waals surface area contributed by atoms with Gasteiger partial charge in [0.05, 0.1) is 5.69 Å². The van der Waals surface area contributed by atoms with Gasteiger partial charge in [0.25, 0.3) is 6.43 Å². The van der Waals surface area contributed by atoms with Gasteiger partial charge in [0.1, 0.15) is 0 Å². The summed E-state index contributed by atoms with van der Waals surface area (Å²) in [5, 5.41) is 0.716. The number of rotatable bonds is 1. The Bertz CT molecular complexity index is 362. The molecule has 1 N–H and O–H groups in total. The molecule has 4 heteroatoms. The van der Waals surface area contributed by atoms with Crippen molar-refractivity contribution in [1.82, 2.24) is 9.97 Å².